The van der Waals surface area contributed by atoms with E-state index in [9.17, 15) is 49.2 Å². The summed E-state index contributed by atoms with van der Waals surface area (Å²) in [5.74, 6) is -10.1. The van der Waals surface area contributed by atoms with Crippen LogP contribution in [0.4, 0.5) is 0 Å². The van der Waals surface area contributed by atoms with E-state index in [2.05, 4.69) is 35.8 Å². The minimum atomic E-state index is -3.04. The number of carbonyl (C=O) groups is 6. The van der Waals surface area contributed by atoms with Crippen molar-refractivity contribution in [3.63, 3.8) is 0 Å². The molecule has 7 aliphatic rings. The monoisotopic (exact) mass is 865 g/mol. The number of aromatic hydroxyl groups is 1. The number of hydrogen-bond acceptors (Lipinski definition) is 13. The van der Waals surface area contributed by atoms with Gasteiger partial charge in [0.05, 0.1) is 42.3 Å². The van der Waals surface area contributed by atoms with Crippen LogP contribution in [0.5, 0.6) is 11.5 Å². The summed E-state index contributed by atoms with van der Waals surface area (Å²) in [6.07, 6.45) is 6.25. The molecule has 1 amide bonds. The van der Waals surface area contributed by atoms with Crippen LogP contribution in [-0.4, -0.2) is 118 Å². The smallest absolute Gasteiger partial charge is 0.239 e. The van der Waals surface area contributed by atoms with Crippen molar-refractivity contribution in [2.75, 3.05) is 33.9 Å². The number of nitrogens with zero attached hydrogens (tertiary/aromatic N) is 1. The van der Waals surface area contributed by atoms with Crippen LogP contribution < -0.4 is 15.4 Å². The lowest BCUT2D eigenvalue weighted by atomic mass is 9.49. The van der Waals surface area contributed by atoms with Crippen molar-refractivity contribution in [1.29, 1.82) is 0 Å². The molecule has 63 heavy (non-hydrogen) atoms. The van der Waals surface area contributed by atoms with E-state index in [1.807, 2.05) is 12.1 Å². The Bertz CT molecular complexity index is 2270. The highest BCUT2D eigenvalue weighted by Crippen LogP contribution is 2.65. The van der Waals surface area contributed by atoms with Crippen molar-refractivity contribution in [1.82, 2.24) is 15.5 Å². The maximum Gasteiger partial charge on any atom is 0.239 e. The highest BCUT2D eigenvalue weighted by atomic mass is 16.5. The van der Waals surface area contributed by atoms with E-state index in [1.165, 1.54) is 36.2 Å². The van der Waals surface area contributed by atoms with Gasteiger partial charge in [-0.15, -0.1) is 0 Å². The molecule has 5 fully saturated rings. The molecular weight excluding hydrogens is 807 g/mol. The Kier molecular flexibility index (Phi) is 11.2. The third-order valence-corrected chi connectivity index (χ3v) is 16.8. The minimum Gasteiger partial charge on any atom is -0.507 e. The van der Waals surface area contributed by atoms with Gasteiger partial charge < -0.3 is 30.5 Å². The van der Waals surface area contributed by atoms with Gasteiger partial charge in [-0.25, -0.2) is 0 Å². The normalized spacial score (nSPS) is 39.3. The number of rotatable bonds is 9. The van der Waals surface area contributed by atoms with Crippen LogP contribution in [0.25, 0.3) is 0 Å². The number of ketones is 5. The van der Waals surface area contributed by atoms with Crippen molar-refractivity contribution < 1.29 is 53.9 Å². The van der Waals surface area contributed by atoms with Crippen LogP contribution >= 0.6 is 0 Å². The molecule has 0 saturated heterocycles. The number of aliphatic hydroxyl groups excluding tert-OH is 2. The number of nitrogens with one attached hydrogen (secondary N) is 2. The fraction of sp³-hybridized carbons (Fsp3) is 0.592. The predicted octanol–water partition coefficient (Wildman–Crippen LogP) is 2.85. The molecule has 7 aliphatic carbocycles. The molecule has 0 heterocycles. The minimum absolute atomic E-state index is 0.121. The number of carbonyl (C=O) groups excluding carboxylic acids is 6. The maximum absolute atomic E-state index is 14.3. The summed E-state index contributed by atoms with van der Waals surface area (Å²) in [7, 11) is 2.97. The Morgan fingerprint density at radius 3 is 2.44 bits per heavy atom. The third-order valence-electron chi connectivity index (χ3n) is 16.8. The molecule has 0 aromatic heterocycles. The summed E-state index contributed by atoms with van der Waals surface area (Å²) >= 11 is 0. The largest absolute Gasteiger partial charge is 0.507 e. The van der Waals surface area contributed by atoms with E-state index < -0.39 is 76.4 Å². The lowest BCUT2D eigenvalue weighted by Crippen LogP contribution is -2.77. The van der Waals surface area contributed by atoms with Gasteiger partial charge in [-0.05, 0) is 116 Å². The molecule has 2 aromatic rings. The highest BCUT2D eigenvalue weighted by Gasteiger charge is 2.73. The molecule has 15 unspecified atom stereocenters. The average Bonchev–Trinajstić information content (AvgIpc) is 3.56. The first-order chi connectivity index (χ1) is 30.0. The quantitative estimate of drug-likeness (QED) is 0.0926. The lowest BCUT2D eigenvalue weighted by Gasteiger charge is -2.56. The van der Waals surface area contributed by atoms with E-state index in [4.69, 9.17) is 4.74 Å². The van der Waals surface area contributed by atoms with Crippen LogP contribution in [0.2, 0.25) is 0 Å². The van der Waals surface area contributed by atoms with Crippen LogP contribution in [-0.2, 0) is 24.0 Å². The highest BCUT2D eigenvalue weighted by molar-refractivity contribution is 6.32. The van der Waals surface area contributed by atoms with Crippen molar-refractivity contribution in [3.05, 3.63) is 70.8 Å². The average molecular weight is 866 g/mol. The van der Waals surface area contributed by atoms with Gasteiger partial charge in [0.1, 0.15) is 23.9 Å². The fourth-order valence-corrected chi connectivity index (χ4v) is 13.8. The molecule has 336 valence electrons. The third kappa shape index (κ3) is 6.68. The number of ether oxygens (including phenoxy) is 1. The maximum atomic E-state index is 14.3. The topological polar surface area (TPSA) is 220 Å². The molecule has 14 heteroatoms. The number of likely N-dealkylation sites (N-methyl/N-ethyl adjacent to an activating group) is 1. The van der Waals surface area contributed by atoms with Crippen molar-refractivity contribution in [3.8, 4) is 11.5 Å². The van der Waals surface area contributed by atoms with Gasteiger partial charge in [0.25, 0.3) is 0 Å². The number of allylic oxidation sites excluding steroid dienone is 2. The zero-order valence-electron chi connectivity index (χ0n) is 36.3. The van der Waals surface area contributed by atoms with Gasteiger partial charge in [0.2, 0.25) is 5.91 Å². The van der Waals surface area contributed by atoms with Gasteiger partial charge in [-0.1, -0.05) is 49.8 Å². The van der Waals surface area contributed by atoms with Gasteiger partial charge in [-0.2, -0.15) is 0 Å². The molecule has 15 atom stereocenters. The van der Waals surface area contributed by atoms with Crippen LogP contribution in [0.1, 0.15) is 92.1 Å². The van der Waals surface area contributed by atoms with Gasteiger partial charge in [0, 0.05) is 25.3 Å². The number of Topliss-reactive ketones (excluding diaryl/α,β-unsaturated/α-hetero) is 5. The standard InChI is InChI=1S/C49H59N3O11/c1-23-28-6-5-7-33(54)37(28)42(56)38-35(23)43(57)40-41(52(3)4)44(58)39(46(60)49(40,62)45(38)59)47(61)51-22-50-18-19-63-27-12-8-24(9-13-27)31-21-48(2)32(16-17-34(48)55)30-14-10-25-20-26(53)11-15-29(25)36(30)31/h5-9,12-13,15,23,25,30-32,34-36,38-41,43,50,54-55,57,62H,10-11,14,16-22H2,1-4H3,(H,51,61). The van der Waals surface area contributed by atoms with E-state index in [0.29, 0.717) is 53.6 Å². The Hall–Kier alpha value is -4.60. The van der Waals surface area contributed by atoms with Crippen LogP contribution in [0.15, 0.2) is 54.1 Å². The van der Waals surface area contributed by atoms with Crippen molar-refractivity contribution in [2.45, 2.75) is 94.5 Å². The SMILES string of the molecule is CC1c2cccc(O)c2C(=O)C2C(=O)C3(O)C(=O)C(C(=O)NCNCCOc4ccc(C5CC6(C)C(O)CCC6C6CCC7CC(=O)CC=C7C56)cc4)C(=O)C(N(C)C)C3C(O)C21. The number of phenolic OH excluding ortho intramolecular Hbond substituents is 1. The molecule has 2 aromatic carbocycles. The molecule has 5 saturated carbocycles. The van der Waals surface area contributed by atoms with E-state index in [1.54, 1.807) is 19.1 Å². The van der Waals surface area contributed by atoms with Crippen LogP contribution in [0, 0.1) is 52.8 Å². The van der Waals surface area contributed by atoms with Crippen LogP contribution in [0.3, 0.4) is 0 Å². The summed E-state index contributed by atoms with van der Waals surface area (Å²) in [5, 5.41) is 51.3. The zero-order valence-corrected chi connectivity index (χ0v) is 36.3. The predicted molar refractivity (Wildman–Crippen MR) is 227 cm³/mol. The Labute approximate surface area is 366 Å². The summed E-state index contributed by atoms with van der Waals surface area (Å²) in [5.41, 5.74) is -0.259. The summed E-state index contributed by atoms with van der Waals surface area (Å²) in [4.78, 5) is 83.8. The number of aliphatic hydroxyl groups is 3. The number of phenols is 1. The Morgan fingerprint density at radius 1 is 0.968 bits per heavy atom. The van der Waals surface area contributed by atoms with Gasteiger partial charge in [-0.3, -0.25) is 39.0 Å². The Morgan fingerprint density at radius 2 is 1.71 bits per heavy atom. The molecule has 14 nitrogen and oxygen atoms in total. The second kappa shape index (κ2) is 16.1. The lowest BCUT2D eigenvalue weighted by molar-refractivity contribution is -0.197. The van der Waals surface area contributed by atoms with E-state index in [0.717, 1.165) is 32.1 Å². The number of benzene rings is 2. The first-order valence-electron chi connectivity index (χ1n) is 22.7. The van der Waals surface area contributed by atoms with Gasteiger partial charge in [0.15, 0.2) is 34.7 Å². The number of hydrogen-bond donors (Lipinski definition) is 6. The zero-order chi connectivity index (χ0) is 44.9. The summed E-state index contributed by atoms with van der Waals surface area (Å²) in [6.45, 7) is 4.24. The number of fused-ring (bicyclic) bond motifs is 8. The molecule has 9 rings (SSSR count). The molecule has 6 N–H and O–H groups in total. The Balaban J connectivity index is 0.836. The van der Waals surface area contributed by atoms with E-state index in [-0.39, 0.29) is 48.6 Å². The summed E-state index contributed by atoms with van der Waals surface area (Å²) in [6, 6.07) is 11.1. The van der Waals surface area contributed by atoms with Gasteiger partial charge >= 0.3 is 0 Å². The molecule has 0 spiro atoms. The molecule has 0 bridgehead atoms. The first kappa shape index (κ1) is 43.6. The molecule has 0 aliphatic heterocycles. The molecule has 0 radical (unpaired) electrons. The first-order valence-corrected chi connectivity index (χ1v) is 22.7. The van der Waals surface area contributed by atoms with Crippen molar-refractivity contribution in [2.24, 2.45) is 52.8 Å². The van der Waals surface area contributed by atoms with E-state index >= 15 is 0 Å². The fourth-order valence-electron chi connectivity index (χ4n) is 13.8. The van der Waals surface area contributed by atoms with Crippen molar-refractivity contribution >= 4 is 34.8 Å². The second-order valence-electron chi connectivity index (χ2n) is 20.0. The number of amides is 1. The summed E-state index contributed by atoms with van der Waals surface area (Å²) < 4.78 is 6.02. The second-order valence-corrected chi connectivity index (χ2v) is 20.0. The molecular formula is C49H59N3O11.